The number of rotatable bonds is 6. The largest absolute Gasteiger partial charge is 0.374 e. The highest BCUT2D eigenvalue weighted by atomic mass is 16.5. The van der Waals surface area contributed by atoms with Crippen LogP contribution in [0, 0.1) is 0 Å². The lowest BCUT2D eigenvalue weighted by Crippen LogP contribution is -2.28. The van der Waals surface area contributed by atoms with Crippen molar-refractivity contribution in [2.75, 3.05) is 11.9 Å². The lowest BCUT2D eigenvalue weighted by molar-refractivity contribution is 0.0659. The van der Waals surface area contributed by atoms with Crippen LogP contribution in [0.15, 0.2) is 42.6 Å². The van der Waals surface area contributed by atoms with E-state index in [4.69, 9.17) is 4.74 Å². The van der Waals surface area contributed by atoms with Gasteiger partial charge >= 0.3 is 6.03 Å². The van der Waals surface area contributed by atoms with Gasteiger partial charge in [0.05, 0.1) is 24.6 Å². The van der Waals surface area contributed by atoms with Crippen LogP contribution in [0.2, 0.25) is 0 Å². The van der Waals surface area contributed by atoms with Crippen molar-refractivity contribution >= 4 is 23.0 Å². The molecule has 2 aromatic heterocycles. The number of carbonyl (C=O) groups is 1. The zero-order valence-corrected chi connectivity index (χ0v) is 15.7. The van der Waals surface area contributed by atoms with Gasteiger partial charge in [-0.3, -0.25) is 10.3 Å². The second kappa shape index (κ2) is 8.55. The maximum atomic E-state index is 11.7. The summed E-state index contributed by atoms with van der Waals surface area (Å²) in [5.74, 6) is 0.427. The number of amides is 2. The van der Waals surface area contributed by atoms with Crippen LogP contribution < -0.4 is 10.6 Å². The molecule has 0 radical (unpaired) electrons. The molecule has 0 saturated carbocycles. The SMILES string of the molecule is CCNC(=O)Nc1ccc2ncc(-c3ccccc3COC(C)C)nc2n1. The zero-order chi connectivity index (χ0) is 19.2. The van der Waals surface area contributed by atoms with Crippen LogP contribution in [0.4, 0.5) is 10.6 Å². The topological polar surface area (TPSA) is 89.0 Å². The average Bonchev–Trinajstić information content (AvgIpc) is 2.66. The van der Waals surface area contributed by atoms with E-state index >= 15 is 0 Å². The molecule has 3 aromatic rings. The Hall–Kier alpha value is -3.06. The minimum atomic E-state index is -0.301. The quantitative estimate of drug-likeness (QED) is 0.694. The highest BCUT2D eigenvalue weighted by Crippen LogP contribution is 2.24. The van der Waals surface area contributed by atoms with Crippen molar-refractivity contribution in [3.05, 3.63) is 48.2 Å². The van der Waals surface area contributed by atoms with Crippen molar-refractivity contribution in [2.24, 2.45) is 0 Å². The number of benzene rings is 1. The first kappa shape index (κ1) is 18.7. The summed E-state index contributed by atoms with van der Waals surface area (Å²) in [6.45, 7) is 6.90. The second-order valence-corrected chi connectivity index (χ2v) is 6.30. The first-order valence-electron chi connectivity index (χ1n) is 8.95. The van der Waals surface area contributed by atoms with E-state index in [-0.39, 0.29) is 12.1 Å². The average molecular weight is 365 g/mol. The van der Waals surface area contributed by atoms with Crippen molar-refractivity contribution < 1.29 is 9.53 Å². The minimum Gasteiger partial charge on any atom is -0.374 e. The zero-order valence-electron chi connectivity index (χ0n) is 15.7. The molecule has 140 valence electrons. The molecule has 2 amide bonds. The number of anilines is 1. The van der Waals surface area contributed by atoms with Gasteiger partial charge in [0.25, 0.3) is 0 Å². The summed E-state index contributed by atoms with van der Waals surface area (Å²) in [5, 5.41) is 5.36. The highest BCUT2D eigenvalue weighted by molar-refractivity contribution is 5.89. The van der Waals surface area contributed by atoms with E-state index in [1.807, 2.05) is 45.0 Å². The Balaban J connectivity index is 1.93. The van der Waals surface area contributed by atoms with Crippen LogP contribution in [0.25, 0.3) is 22.4 Å². The van der Waals surface area contributed by atoms with Crippen LogP contribution in [-0.4, -0.2) is 33.6 Å². The summed E-state index contributed by atoms with van der Waals surface area (Å²) in [4.78, 5) is 25.2. The number of hydrogen-bond donors (Lipinski definition) is 2. The van der Waals surface area contributed by atoms with Crippen molar-refractivity contribution in [1.29, 1.82) is 0 Å². The predicted octanol–water partition coefficient (Wildman–Crippen LogP) is 3.76. The van der Waals surface area contributed by atoms with E-state index in [1.54, 1.807) is 18.3 Å². The van der Waals surface area contributed by atoms with Gasteiger partial charge in [0.2, 0.25) is 0 Å². The summed E-state index contributed by atoms with van der Waals surface area (Å²) in [7, 11) is 0. The highest BCUT2D eigenvalue weighted by Gasteiger charge is 2.10. The summed E-state index contributed by atoms with van der Waals surface area (Å²) >= 11 is 0. The molecule has 0 atom stereocenters. The molecule has 0 aliphatic rings. The fourth-order valence-electron chi connectivity index (χ4n) is 2.57. The van der Waals surface area contributed by atoms with Gasteiger partial charge in [0.15, 0.2) is 5.65 Å². The lowest BCUT2D eigenvalue weighted by atomic mass is 10.1. The monoisotopic (exact) mass is 365 g/mol. The molecular weight excluding hydrogens is 342 g/mol. The van der Waals surface area contributed by atoms with Crippen LogP contribution in [0.3, 0.4) is 0 Å². The second-order valence-electron chi connectivity index (χ2n) is 6.30. The third kappa shape index (κ3) is 4.77. The van der Waals surface area contributed by atoms with Gasteiger partial charge in [0, 0.05) is 12.1 Å². The van der Waals surface area contributed by atoms with Crippen LogP contribution in [0.5, 0.6) is 0 Å². The fraction of sp³-hybridized carbons (Fsp3) is 0.300. The molecular formula is C20H23N5O2. The summed E-state index contributed by atoms with van der Waals surface area (Å²) < 4.78 is 5.75. The van der Waals surface area contributed by atoms with E-state index in [0.717, 1.165) is 11.1 Å². The Morgan fingerprint density at radius 2 is 1.96 bits per heavy atom. The van der Waals surface area contributed by atoms with E-state index in [2.05, 4.69) is 25.6 Å². The van der Waals surface area contributed by atoms with E-state index in [1.165, 1.54) is 0 Å². The van der Waals surface area contributed by atoms with Crippen molar-refractivity contribution in [3.63, 3.8) is 0 Å². The number of nitrogens with one attached hydrogen (secondary N) is 2. The van der Waals surface area contributed by atoms with Gasteiger partial charge in [-0.25, -0.2) is 14.8 Å². The van der Waals surface area contributed by atoms with Gasteiger partial charge in [-0.15, -0.1) is 0 Å². The number of nitrogens with zero attached hydrogens (tertiary/aromatic N) is 3. The number of carbonyl (C=O) groups excluding carboxylic acids is 1. The normalized spacial score (nSPS) is 11.0. The number of urea groups is 1. The fourth-order valence-corrected chi connectivity index (χ4v) is 2.57. The van der Waals surface area contributed by atoms with Crippen molar-refractivity contribution in [1.82, 2.24) is 20.3 Å². The molecule has 7 heteroatoms. The summed E-state index contributed by atoms with van der Waals surface area (Å²) in [5.41, 5.74) is 3.85. The maximum Gasteiger partial charge on any atom is 0.320 e. The van der Waals surface area contributed by atoms with Gasteiger partial charge in [-0.05, 0) is 38.5 Å². The predicted molar refractivity (Wildman–Crippen MR) is 105 cm³/mol. The Morgan fingerprint density at radius 3 is 2.74 bits per heavy atom. The number of fused-ring (bicyclic) bond motifs is 1. The number of pyridine rings is 1. The van der Waals surface area contributed by atoms with Gasteiger partial charge in [-0.2, -0.15) is 0 Å². The Morgan fingerprint density at radius 1 is 1.15 bits per heavy atom. The molecule has 0 aliphatic carbocycles. The maximum absolute atomic E-state index is 11.7. The number of aromatic nitrogens is 3. The van der Waals surface area contributed by atoms with Gasteiger partial charge in [-0.1, -0.05) is 24.3 Å². The standard InChI is InChI=1S/C20H23N5O2/c1-4-21-20(26)25-18-10-9-16-19(24-18)23-17(11-22-16)15-8-6-5-7-14(15)12-27-13(2)3/h5-11,13H,4,12H2,1-3H3,(H2,21,23,24,25,26). The molecule has 0 unspecified atom stereocenters. The smallest absolute Gasteiger partial charge is 0.320 e. The molecule has 7 nitrogen and oxygen atoms in total. The molecule has 0 saturated heterocycles. The lowest BCUT2D eigenvalue weighted by Gasteiger charge is -2.12. The third-order valence-corrected chi connectivity index (χ3v) is 3.85. The van der Waals surface area contributed by atoms with Crippen molar-refractivity contribution in [2.45, 2.75) is 33.5 Å². The molecule has 27 heavy (non-hydrogen) atoms. The third-order valence-electron chi connectivity index (χ3n) is 3.85. The van der Waals surface area contributed by atoms with Crippen LogP contribution in [0.1, 0.15) is 26.3 Å². The van der Waals surface area contributed by atoms with Crippen LogP contribution in [-0.2, 0) is 11.3 Å². The van der Waals surface area contributed by atoms with Crippen molar-refractivity contribution in [3.8, 4) is 11.3 Å². The molecule has 2 heterocycles. The Labute approximate surface area is 158 Å². The first-order chi connectivity index (χ1) is 13.1. The Bertz CT molecular complexity index is 943. The van der Waals surface area contributed by atoms with E-state index < -0.39 is 0 Å². The summed E-state index contributed by atoms with van der Waals surface area (Å²) in [6.07, 6.45) is 1.88. The van der Waals surface area contributed by atoms with E-state index in [0.29, 0.717) is 35.8 Å². The Kier molecular flexibility index (Phi) is 5.93. The molecule has 0 aliphatic heterocycles. The molecule has 2 N–H and O–H groups in total. The molecule has 0 spiro atoms. The van der Waals surface area contributed by atoms with Gasteiger partial charge in [0.1, 0.15) is 11.3 Å². The molecule has 1 aromatic carbocycles. The first-order valence-corrected chi connectivity index (χ1v) is 8.95. The minimum absolute atomic E-state index is 0.144. The number of ether oxygens (including phenoxy) is 1. The van der Waals surface area contributed by atoms with E-state index in [9.17, 15) is 4.79 Å². The molecule has 3 rings (SSSR count). The summed E-state index contributed by atoms with van der Waals surface area (Å²) in [6, 6.07) is 11.1. The number of hydrogen-bond acceptors (Lipinski definition) is 5. The van der Waals surface area contributed by atoms with Crippen LogP contribution >= 0.6 is 0 Å². The van der Waals surface area contributed by atoms with Gasteiger partial charge < -0.3 is 10.1 Å². The molecule has 0 bridgehead atoms. The molecule has 0 fully saturated rings.